The largest absolute Gasteiger partial charge is 0.492 e. The number of hydrogen-bond acceptors (Lipinski definition) is 3. The highest BCUT2D eigenvalue weighted by molar-refractivity contribution is 7.89. The zero-order chi connectivity index (χ0) is 16.2. The standard InChI is InChI=1S/C15H15F2NO3S/c1-11-9-14(5-6-15(11)17)22(19,20)18-7-8-21-13-4-2-3-12(16)10-13/h2-6,9-10,18H,7-8H2,1H3. The molecule has 0 aromatic heterocycles. The van der Waals surface area contributed by atoms with Crippen LogP contribution in [0.25, 0.3) is 0 Å². The first kappa shape index (κ1) is 16.4. The molecule has 1 N–H and O–H groups in total. The summed E-state index contributed by atoms with van der Waals surface area (Å²) in [4.78, 5) is -0.0165. The normalized spacial score (nSPS) is 11.4. The summed E-state index contributed by atoms with van der Waals surface area (Å²) < 4.78 is 57.7. The predicted octanol–water partition coefficient (Wildman–Crippen LogP) is 2.63. The third-order valence-electron chi connectivity index (χ3n) is 2.90. The molecule has 0 bridgehead atoms. The molecule has 0 saturated heterocycles. The number of aryl methyl sites for hydroxylation is 1. The van der Waals surface area contributed by atoms with Crippen molar-refractivity contribution in [2.45, 2.75) is 11.8 Å². The molecule has 0 heterocycles. The fourth-order valence-electron chi connectivity index (χ4n) is 1.77. The lowest BCUT2D eigenvalue weighted by Crippen LogP contribution is -2.28. The van der Waals surface area contributed by atoms with E-state index in [0.717, 1.165) is 6.07 Å². The van der Waals surface area contributed by atoms with Gasteiger partial charge in [-0.05, 0) is 42.8 Å². The highest BCUT2D eigenvalue weighted by atomic mass is 32.2. The van der Waals surface area contributed by atoms with Gasteiger partial charge in [-0.3, -0.25) is 0 Å². The van der Waals surface area contributed by atoms with Crippen LogP contribution in [-0.2, 0) is 10.0 Å². The van der Waals surface area contributed by atoms with E-state index in [4.69, 9.17) is 4.74 Å². The van der Waals surface area contributed by atoms with E-state index in [-0.39, 0.29) is 23.6 Å². The summed E-state index contributed by atoms with van der Waals surface area (Å²) in [5.41, 5.74) is 0.249. The van der Waals surface area contributed by atoms with Gasteiger partial charge in [0.05, 0.1) is 4.90 Å². The van der Waals surface area contributed by atoms with Gasteiger partial charge in [0.25, 0.3) is 0 Å². The first-order chi connectivity index (χ1) is 10.4. The number of sulfonamides is 1. The maximum Gasteiger partial charge on any atom is 0.240 e. The lowest BCUT2D eigenvalue weighted by Gasteiger charge is -2.09. The molecular formula is C15H15F2NO3S. The van der Waals surface area contributed by atoms with Crippen molar-refractivity contribution in [1.82, 2.24) is 4.72 Å². The third kappa shape index (κ3) is 4.25. The van der Waals surface area contributed by atoms with Gasteiger partial charge in [-0.25, -0.2) is 21.9 Å². The Bertz CT molecular complexity index is 763. The van der Waals surface area contributed by atoms with Crippen molar-refractivity contribution >= 4 is 10.0 Å². The summed E-state index contributed by atoms with van der Waals surface area (Å²) in [6, 6.07) is 9.11. The van der Waals surface area contributed by atoms with Crippen LogP contribution in [0.1, 0.15) is 5.56 Å². The van der Waals surface area contributed by atoms with Crippen molar-refractivity contribution in [2.75, 3.05) is 13.2 Å². The van der Waals surface area contributed by atoms with Crippen LogP contribution in [0.5, 0.6) is 5.75 Å². The van der Waals surface area contributed by atoms with E-state index in [9.17, 15) is 17.2 Å². The maximum absolute atomic E-state index is 13.1. The van der Waals surface area contributed by atoms with E-state index >= 15 is 0 Å². The monoisotopic (exact) mass is 327 g/mol. The summed E-state index contributed by atoms with van der Waals surface area (Å²) in [5, 5.41) is 0. The third-order valence-corrected chi connectivity index (χ3v) is 4.36. The molecule has 4 nitrogen and oxygen atoms in total. The van der Waals surface area contributed by atoms with Gasteiger partial charge in [-0.15, -0.1) is 0 Å². The molecule has 0 saturated carbocycles. The average Bonchev–Trinajstić information content (AvgIpc) is 2.46. The number of halogens is 2. The molecule has 22 heavy (non-hydrogen) atoms. The minimum atomic E-state index is -3.73. The highest BCUT2D eigenvalue weighted by Crippen LogP contribution is 2.14. The van der Waals surface area contributed by atoms with E-state index in [1.54, 1.807) is 6.07 Å². The fraction of sp³-hybridized carbons (Fsp3) is 0.200. The molecule has 0 unspecified atom stereocenters. The second-order valence-corrected chi connectivity index (χ2v) is 6.38. The molecule has 2 aromatic rings. The number of hydrogen-bond donors (Lipinski definition) is 1. The molecule has 0 aliphatic heterocycles. The Morgan fingerprint density at radius 2 is 1.91 bits per heavy atom. The van der Waals surface area contributed by atoms with Crippen LogP contribution in [-0.4, -0.2) is 21.6 Å². The number of rotatable bonds is 6. The van der Waals surface area contributed by atoms with Gasteiger partial charge in [0, 0.05) is 12.6 Å². The van der Waals surface area contributed by atoms with Crippen molar-refractivity contribution in [1.29, 1.82) is 0 Å². The first-order valence-electron chi connectivity index (χ1n) is 6.53. The molecule has 118 valence electrons. The Morgan fingerprint density at radius 3 is 2.59 bits per heavy atom. The highest BCUT2D eigenvalue weighted by Gasteiger charge is 2.14. The number of ether oxygens (including phenoxy) is 1. The Labute approximate surface area is 127 Å². The van der Waals surface area contributed by atoms with Crippen molar-refractivity contribution < 1.29 is 21.9 Å². The number of nitrogens with one attached hydrogen (secondary N) is 1. The van der Waals surface area contributed by atoms with Crippen LogP contribution in [0.3, 0.4) is 0 Å². The minimum Gasteiger partial charge on any atom is -0.492 e. The molecular weight excluding hydrogens is 312 g/mol. The van der Waals surface area contributed by atoms with Crippen LogP contribution in [0, 0.1) is 18.6 Å². The van der Waals surface area contributed by atoms with Crippen molar-refractivity contribution in [2.24, 2.45) is 0 Å². The first-order valence-corrected chi connectivity index (χ1v) is 8.01. The maximum atomic E-state index is 13.1. The van der Waals surface area contributed by atoms with Gasteiger partial charge in [-0.2, -0.15) is 0 Å². The second-order valence-electron chi connectivity index (χ2n) is 4.61. The van der Waals surface area contributed by atoms with E-state index < -0.39 is 21.7 Å². The van der Waals surface area contributed by atoms with Crippen molar-refractivity contribution in [3.63, 3.8) is 0 Å². The van der Waals surface area contributed by atoms with Crippen molar-refractivity contribution in [3.05, 3.63) is 59.7 Å². The van der Waals surface area contributed by atoms with Gasteiger partial charge >= 0.3 is 0 Å². The molecule has 0 aliphatic rings. The summed E-state index contributed by atoms with van der Waals surface area (Å²) in [6.07, 6.45) is 0. The van der Waals surface area contributed by atoms with Crippen LogP contribution >= 0.6 is 0 Å². The Hall–Kier alpha value is -1.99. The molecule has 7 heteroatoms. The van der Waals surface area contributed by atoms with Gasteiger partial charge in [-0.1, -0.05) is 6.07 Å². The summed E-state index contributed by atoms with van der Waals surface area (Å²) in [6.45, 7) is 1.54. The van der Waals surface area contributed by atoms with Crippen LogP contribution < -0.4 is 9.46 Å². The Balaban J connectivity index is 1.91. The quantitative estimate of drug-likeness (QED) is 0.830. The topological polar surface area (TPSA) is 55.4 Å². The Kier molecular flexibility index (Phi) is 5.10. The van der Waals surface area contributed by atoms with E-state index in [0.29, 0.717) is 5.75 Å². The van der Waals surface area contributed by atoms with Crippen molar-refractivity contribution in [3.8, 4) is 5.75 Å². The zero-order valence-electron chi connectivity index (χ0n) is 11.8. The van der Waals surface area contributed by atoms with Crippen LogP contribution in [0.4, 0.5) is 8.78 Å². The predicted molar refractivity (Wildman–Crippen MR) is 78.2 cm³/mol. The zero-order valence-corrected chi connectivity index (χ0v) is 12.7. The van der Waals surface area contributed by atoms with E-state index in [1.807, 2.05) is 0 Å². The summed E-state index contributed by atoms with van der Waals surface area (Å²) >= 11 is 0. The molecule has 2 aromatic carbocycles. The molecule has 0 radical (unpaired) electrons. The summed E-state index contributed by atoms with van der Waals surface area (Å²) in [5.74, 6) is -0.579. The SMILES string of the molecule is Cc1cc(S(=O)(=O)NCCOc2cccc(F)c2)ccc1F. The van der Waals surface area contributed by atoms with Gasteiger partial charge in [0.2, 0.25) is 10.0 Å². The Morgan fingerprint density at radius 1 is 1.14 bits per heavy atom. The average molecular weight is 327 g/mol. The molecule has 2 rings (SSSR count). The minimum absolute atomic E-state index is 0.00920. The molecule has 0 spiro atoms. The lowest BCUT2D eigenvalue weighted by molar-refractivity contribution is 0.321. The fourth-order valence-corrected chi connectivity index (χ4v) is 2.87. The van der Waals surface area contributed by atoms with Gasteiger partial charge in [0.15, 0.2) is 0 Å². The van der Waals surface area contributed by atoms with E-state index in [1.165, 1.54) is 37.3 Å². The van der Waals surface area contributed by atoms with Gasteiger partial charge < -0.3 is 4.74 Å². The van der Waals surface area contributed by atoms with Crippen LogP contribution in [0.15, 0.2) is 47.4 Å². The molecule has 0 aliphatic carbocycles. The second kappa shape index (κ2) is 6.85. The summed E-state index contributed by atoms with van der Waals surface area (Å²) in [7, 11) is -3.73. The molecule has 0 atom stereocenters. The van der Waals surface area contributed by atoms with Gasteiger partial charge in [0.1, 0.15) is 24.0 Å². The molecule has 0 fully saturated rings. The van der Waals surface area contributed by atoms with E-state index in [2.05, 4.69) is 4.72 Å². The lowest BCUT2D eigenvalue weighted by atomic mass is 10.2. The number of benzene rings is 2. The smallest absolute Gasteiger partial charge is 0.240 e. The van der Waals surface area contributed by atoms with Crippen LogP contribution in [0.2, 0.25) is 0 Å². The molecule has 0 amide bonds.